The van der Waals surface area contributed by atoms with Crippen molar-refractivity contribution in [1.29, 1.82) is 0 Å². The van der Waals surface area contributed by atoms with Crippen molar-refractivity contribution in [1.82, 2.24) is 10.2 Å². The van der Waals surface area contributed by atoms with Gasteiger partial charge in [-0.15, -0.1) is 0 Å². The Morgan fingerprint density at radius 1 is 1.26 bits per heavy atom. The van der Waals surface area contributed by atoms with E-state index in [0.29, 0.717) is 13.1 Å². The first-order chi connectivity index (χ1) is 10.7. The van der Waals surface area contributed by atoms with Gasteiger partial charge in [0.1, 0.15) is 11.6 Å². The van der Waals surface area contributed by atoms with Crippen LogP contribution >= 0.6 is 0 Å². The number of nitrogens with zero attached hydrogens (tertiary/aromatic N) is 1. The molecule has 23 heavy (non-hydrogen) atoms. The molecule has 1 heterocycles. The first-order valence-electron chi connectivity index (χ1n) is 7.68. The molecule has 0 unspecified atom stereocenters. The fourth-order valence-electron chi connectivity index (χ4n) is 2.55. The van der Waals surface area contributed by atoms with Crippen LogP contribution < -0.4 is 5.32 Å². The molecular formula is C17H24N2O4. The summed E-state index contributed by atoms with van der Waals surface area (Å²) in [5.41, 5.74) is 1.30. The van der Waals surface area contributed by atoms with E-state index in [4.69, 9.17) is 4.74 Å². The predicted molar refractivity (Wildman–Crippen MR) is 86.3 cm³/mol. The summed E-state index contributed by atoms with van der Waals surface area (Å²) in [7, 11) is 0. The first kappa shape index (κ1) is 17.3. The highest BCUT2D eigenvalue weighted by Gasteiger charge is 2.38. The molecule has 1 saturated heterocycles. The van der Waals surface area contributed by atoms with Crippen LogP contribution in [0, 0.1) is 6.92 Å². The topological polar surface area (TPSA) is 78.9 Å². The Bertz CT molecular complexity index is 571. The van der Waals surface area contributed by atoms with E-state index in [2.05, 4.69) is 5.32 Å². The third kappa shape index (κ3) is 4.69. The van der Waals surface area contributed by atoms with E-state index in [-0.39, 0.29) is 6.04 Å². The summed E-state index contributed by atoms with van der Waals surface area (Å²) in [5.74, 6) is -0.885. The number of carboxylic acids is 1. The van der Waals surface area contributed by atoms with Crippen LogP contribution in [-0.4, -0.2) is 46.8 Å². The number of aliphatic carboxylic acids is 1. The van der Waals surface area contributed by atoms with E-state index in [1.165, 1.54) is 0 Å². The standard InChI is InChI=1S/C17H24N2O4/c1-11-5-7-12(8-6-11)14(15(20)21)19-9-13(10-19)18-16(22)23-17(2,3)4/h5-8,13-14H,9-10H2,1-4H3,(H,18,22)(H,20,21)/t14-/m1/s1. The van der Waals surface area contributed by atoms with Gasteiger partial charge in [-0.1, -0.05) is 29.8 Å². The molecule has 0 spiro atoms. The molecule has 2 rings (SSSR count). The van der Waals surface area contributed by atoms with Crippen LogP contribution in [0.4, 0.5) is 4.79 Å². The molecule has 1 atom stereocenters. The Hall–Kier alpha value is -2.08. The van der Waals surface area contributed by atoms with Crippen molar-refractivity contribution in [3.05, 3.63) is 35.4 Å². The third-order valence-corrected chi connectivity index (χ3v) is 3.62. The molecule has 1 aliphatic heterocycles. The molecule has 1 aromatic carbocycles. The molecule has 1 amide bonds. The van der Waals surface area contributed by atoms with Crippen molar-refractivity contribution < 1.29 is 19.4 Å². The highest BCUT2D eigenvalue weighted by molar-refractivity contribution is 5.76. The minimum atomic E-state index is -0.885. The number of aryl methyl sites for hydroxylation is 1. The lowest BCUT2D eigenvalue weighted by atomic mass is 9.98. The summed E-state index contributed by atoms with van der Waals surface area (Å²) >= 11 is 0. The second-order valence-electron chi connectivity index (χ2n) is 6.95. The lowest BCUT2D eigenvalue weighted by molar-refractivity contribution is -0.145. The van der Waals surface area contributed by atoms with Crippen molar-refractivity contribution in [3.8, 4) is 0 Å². The summed E-state index contributed by atoms with van der Waals surface area (Å²) in [6, 6.07) is 6.71. The van der Waals surface area contributed by atoms with Gasteiger partial charge in [-0.3, -0.25) is 9.69 Å². The van der Waals surface area contributed by atoms with Crippen molar-refractivity contribution in [2.75, 3.05) is 13.1 Å². The molecule has 0 aliphatic carbocycles. The van der Waals surface area contributed by atoms with E-state index in [9.17, 15) is 14.7 Å². The number of ether oxygens (including phenoxy) is 1. The zero-order chi connectivity index (χ0) is 17.2. The molecule has 0 bridgehead atoms. The quantitative estimate of drug-likeness (QED) is 0.890. The van der Waals surface area contributed by atoms with E-state index in [0.717, 1.165) is 11.1 Å². The fraction of sp³-hybridized carbons (Fsp3) is 0.529. The van der Waals surface area contributed by atoms with Gasteiger partial charge >= 0.3 is 12.1 Å². The zero-order valence-electron chi connectivity index (χ0n) is 14.0. The number of likely N-dealkylation sites (tertiary alicyclic amines) is 1. The smallest absolute Gasteiger partial charge is 0.407 e. The number of alkyl carbamates (subject to hydrolysis) is 1. The average molecular weight is 320 g/mol. The van der Waals surface area contributed by atoms with Crippen LogP contribution in [0.2, 0.25) is 0 Å². The summed E-state index contributed by atoms with van der Waals surface area (Å²) in [4.78, 5) is 25.1. The molecule has 6 nitrogen and oxygen atoms in total. The Balaban J connectivity index is 1.92. The molecule has 1 aliphatic rings. The molecule has 0 radical (unpaired) electrons. The van der Waals surface area contributed by atoms with Gasteiger partial charge in [0.25, 0.3) is 0 Å². The normalized spacial score (nSPS) is 17.2. The van der Waals surface area contributed by atoms with E-state index < -0.39 is 23.7 Å². The first-order valence-corrected chi connectivity index (χ1v) is 7.68. The fourth-order valence-corrected chi connectivity index (χ4v) is 2.55. The molecule has 1 aromatic rings. The molecule has 126 valence electrons. The minimum Gasteiger partial charge on any atom is -0.480 e. The van der Waals surface area contributed by atoms with Crippen LogP contribution in [0.15, 0.2) is 24.3 Å². The number of amides is 1. The molecular weight excluding hydrogens is 296 g/mol. The summed E-state index contributed by atoms with van der Waals surface area (Å²) in [6.45, 7) is 8.35. The number of benzene rings is 1. The maximum atomic E-state index is 11.7. The van der Waals surface area contributed by atoms with Crippen molar-refractivity contribution >= 4 is 12.1 Å². The number of carboxylic acid groups (broad SMARTS) is 1. The van der Waals surface area contributed by atoms with Gasteiger partial charge < -0.3 is 15.2 Å². The number of hydrogen-bond acceptors (Lipinski definition) is 4. The second-order valence-corrected chi connectivity index (χ2v) is 6.95. The largest absolute Gasteiger partial charge is 0.480 e. The van der Waals surface area contributed by atoms with Crippen molar-refractivity contribution in [3.63, 3.8) is 0 Å². The van der Waals surface area contributed by atoms with Crippen molar-refractivity contribution in [2.45, 2.75) is 45.4 Å². The average Bonchev–Trinajstić information content (AvgIpc) is 2.35. The van der Waals surface area contributed by atoms with Gasteiger partial charge in [0.05, 0.1) is 6.04 Å². The minimum absolute atomic E-state index is 0.0860. The number of nitrogens with one attached hydrogen (secondary N) is 1. The summed E-state index contributed by atoms with van der Waals surface area (Å²) in [6.07, 6.45) is -0.468. The zero-order valence-corrected chi connectivity index (χ0v) is 14.0. The molecule has 1 fully saturated rings. The van der Waals surface area contributed by atoms with Gasteiger partial charge in [-0.25, -0.2) is 4.79 Å². The SMILES string of the molecule is Cc1ccc([C@H](C(=O)O)N2CC(NC(=O)OC(C)(C)C)C2)cc1. The van der Waals surface area contributed by atoms with Crippen LogP contribution in [0.5, 0.6) is 0 Å². The van der Waals surface area contributed by atoms with Gasteiger partial charge in [-0.05, 0) is 33.3 Å². The monoisotopic (exact) mass is 320 g/mol. The Morgan fingerprint density at radius 2 is 1.83 bits per heavy atom. The van der Waals surface area contributed by atoms with E-state index in [1.807, 2.05) is 36.1 Å². The maximum absolute atomic E-state index is 11.7. The molecule has 0 aromatic heterocycles. The highest BCUT2D eigenvalue weighted by atomic mass is 16.6. The summed E-state index contributed by atoms with van der Waals surface area (Å²) < 4.78 is 5.20. The molecule has 0 saturated carbocycles. The van der Waals surface area contributed by atoms with Gasteiger partial charge in [-0.2, -0.15) is 0 Å². The molecule has 2 N–H and O–H groups in total. The van der Waals surface area contributed by atoms with Crippen molar-refractivity contribution in [2.24, 2.45) is 0 Å². The van der Waals surface area contributed by atoms with Crippen LogP contribution in [0.3, 0.4) is 0 Å². The molecule has 6 heteroatoms. The Morgan fingerprint density at radius 3 is 2.30 bits per heavy atom. The van der Waals surface area contributed by atoms with Crippen LogP contribution in [0.25, 0.3) is 0 Å². The van der Waals surface area contributed by atoms with Crippen LogP contribution in [0.1, 0.15) is 37.9 Å². The third-order valence-electron chi connectivity index (χ3n) is 3.62. The Labute approximate surface area is 136 Å². The van der Waals surface area contributed by atoms with E-state index >= 15 is 0 Å². The Kier molecular flexibility index (Phi) is 4.94. The van der Waals surface area contributed by atoms with E-state index in [1.54, 1.807) is 20.8 Å². The predicted octanol–water partition coefficient (Wildman–Crippen LogP) is 2.33. The summed E-state index contributed by atoms with van der Waals surface area (Å²) in [5, 5.41) is 12.3. The highest BCUT2D eigenvalue weighted by Crippen LogP contribution is 2.26. The lowest BCUT2D eigenvalue weighted by Crippen LogP contribution is -2.61. The van der Waals surface area contributed by atoms with Gasteiger partial charge in [0.15, 0.2) is 0 Å². The number of carbonyl (C=O) groups excluding carboxylic acids is 1. The second kappa shape index (κ2) is 6.58. The number of rotatable bonds is 4. The maximum Gasteiger partial charge on any atom is 0.407 e. The lowest BCUT2D eigenvalue weighted by Gasteiger charge is -2.43. The number of hydrogen-bond donors (Lipinski definition) is 2. The van der Waals surface area contributed by atoms with Gasteiger partial charge in [0, 0.05) is 13.1 Å². The number of carbonyl (C=O) groups is 2. The van der Waals surface area contributed by atoms with Crippen LogP contribution in [-0.2, 0) is 9.53 Å². The van der Waals surface area contributed by atoms with Gasteiger partial charge in [0.2, 0.25) is 0 Å².